The van der Waals surface area contributed by atoms with Gasteiger partial charge in [0.1, 0.15) is 12.1 Å². The van der Waals surface area contributed by atoms with Crippen LogP contribution in [0.15, 0.2) is 30.7 Å². The number of benzene rings is 1. The van der Waals surface area contributed by atoms with Crippen LogP contribution in [-0.4, -0.2) is 36.3 Å². The fraction of sp³-hybridized carbons (Fsp3) is 0.353. The quantitative estimate of drug-likeness (QED) is 0.798. The number of aliphatic hydroxyl groups excluding tert-OH is 1. The summed E-state index contributed by atoms with van der Waals surface area (Å²) < 4.78 is 9.43. The maximum Gasteiger partial charge on any atom is 0.249 e. The van der Waals surface area contributed by atoms with Gasteiger partial charge in [-0.25, -0.2) is 9.36 Å². The number of nitrogens with zero attached hydrogens (tertiary/aromatic N) is 5. The Hall–Kier alpha value is -2.67. The SMILES string of the molecule is CC(C)n1ncnc1-n1cc2c(n1)CCOc1ccc(CO)cc1-2. The molecule has 3 aromatic rings. The van der Waals surface area contributed by atoms with Crippen molar-refractivity contribution in [2.75, 3.05) is 6.61 Å². The number of hydrogen-bond acceptors (Lipinski definition) is 5. The number of rotatable bonds is 3. The Balaban J connectivity index is 1.86. The predicted octanol–water partition coefficient (Wildman–Crippen LogP) is 2.14. The molecule has 0 atom stereocenters. The standard InChI is InChI=1S/C17H19N5O2/c1-11(2)22-17(18-10-19-22)21-8-14-13-7-12(9-23)3-4-16(13)24-6-5-15(14)20-21/h3-4,7-8,10-11,23H,5-6,9H2,1-2H3. The average Bonchev–Trinajstić information content (AvgIpc) is 3.19. The Morgan fingerprint density at radius 2 is 2.17 bits per heavy atom. The van der Waals surface area contributed by atoms with Crippen molar-refractivity contribution < 1.29 is 9.84 Å². The van der Waals surface area contributed by atoms with E-state index >= 15 is 0 Å². The topological polar surface area (TPSA) is 78.0 Å². The smallest absolute Gasteiger partial charge is 0.249 e. The van der Waals surface area contributed by atoms with Gasteiger partial charge in [-0.15, -0.1) is 0 Å². The molecule has 7 nitrogen and oxygen atoms in total. The molecule has 0 radical (unpaired) electrons. The molecule has 4 rings (SSSR count). The van der Waals surface area contributed by atoms with Crippen LogP contribution < -0.4 is 4.74 Å². The molecule has 124 valence electrons. The molecule has 0 fully saturated rings. The zero-order chi connectivity index (χ0) is 16.7. The first-order valence-electron chi connectivity index (χ1n) is 8.02. The molecule has 24 heavy (non-hydrogen) atoms. The van der Waals surface area contributed by atoms with Crippen molar-refractivity contribution in [1.29, 1.82) is 0 Å². The van der Waals surface area contributed by atoms with Crippen LogP contribution in [0.5, 0.6) is 5.75 Å². The summed E-state index contributed by atoms with van der Waals surface area (Å²) in [6.07, 6.45) is 4.23. The number of aliphatic hydroxyl groups is 1. The van der Waals surface area contributed by atoms with Crippen molar-refractivity contribution >= 4 is 0 Å². The van der Waals surface area contributed by atoms with Crippen LogP contribution >= 0.6 is 0 Å². The second-order valence-corrected chi connectivity index (χ2v) is 6.12. The second kappa shape index (κ2) is 5.76. The van der Waals surface area contributed by atoms with Gasteiger partial charge in [-0.2, -0.15) is 15.2 Å². The largest absolute Gasteiger partial charge is 0.493 e. The minimum absolute atomic E-state index is 0.00156. The number of hydrogen-bond donors (Lipinski definition) is 1. The summed E-state index contributed by atoms with van der Waals surface area (Å²) in [4.78, 5) is 4.35. The molecule has 1 aromatic carbocycles. The molecule has 1 N–H and O–H groups in total. The molecule has 0 amide bonds. The zero-order valence-corrected chi connectivity index (χ0v) is 13.7. The summed E-state index contributed by atoms with van der Waals surface area (Å²) in [6.45, 7) is 4.69. The van der Waals surface area contributed by atoms with E-state index in [0.29, 0.717) is 12.6 Å². The van der Waals surface area contributed by atoms with Crippen molar-refractivity contribution in [2.45, 2.75) is 32.9 Å². The van der Waals surface area contributed by atoms with Gasteiger partial charge in [-0.05, 0) is 31.5 Å². The fourth-order valence-electron chi connectivity index (χ4n) is 2.96. The van der Waals surface area contributed by atoms with E-state index in [-0.39, 0.29) is 12.6 Å². The van der Waals surface area contributed by atoms with E-state index in [1.165, 1.54) is 0 Å². The highest BCUT2D eigenvalue weighted by atomic mass is 16.5. The third-order valence-corrected chi connectivity index (χ3v) is 4.15. The van der Waals surface area contributed by atoms with Crippen molar-refractivity contribution in [1.82, 2.24) is 24.5 Å². The third-order valence-electron chi connectivity index (χ3n) is 4.15. The fourth-order valence-corrected chi connectivity index (χ4v) is 2.96. The highest BCUT2D eigenvalue weighted by Crippen LogP contribution is 2.36. The Kier molecular flexibility index (Phi) is 3.57. The summed E-state index contributed by atoms with van der Waals surface area (Å²) in [5, 5.41) is 18.4. The summed E-state index contributed by atoms with van der Waals surface area (Å²) in [5.74, 6) is 1.51. The monoisotopic (exact) mass is 325 g/mol. The molecular weight excluding hydrogens is 306 g/mol. The van der Waals surface area contributed by atoms with Crippen LogP contribution in [0.25, 0.3) is 17.1 Å². The average molecular weight is 325 g/mol. The molecule has 7 heteroatoms. The molecule has 2 aromatic heterocycles. The summed E-state index contributed by atoms with van der Waals surface area (Å²) >= 11 is 0. The number of aromatic nitrogens is 5. The summed E-state index contributed by atoms with van der Waals surface area (Å²) in [7, 11) is 0. The number of fused-ring (bicyclic) bond motifs is 3. The van der Waals surface area contributed by atoms with Crippen molar-refractivity contribution in [3.05, 3.63) is 42.0 Å². The van der Waals surface area contributed by atoms with E-state index in [2.05, 4.69) is 23.9 Å². The maximum atomic E-state index is 9.43. The first-order valence-corrected chi connectivity index (χ1v) is 8.02. The van der Waals surface area contributed by atoms with Crippen LogP contribution in [0.4, 0.5) is 0 Å². The van der Waals surface area contributed by atoms with E-state index in [1.54, 1.807) is 11.0 Å². The second-order valence-electron chi connectivity index (χ2n) is 6.12. The first-order chi connectivity index (χ1) is 11.7. The Morgan fingerprint density at radius 1 is 1.29 bits per heavy atom. The van der Waals surface area contributed by atoms with E-state index < -0.39 is 0 Å². The van der Waals surface area contributed by atoms with E-state index in [4.69, 9.17) is 9.84 Å². The Morgan fingerprint density at radius 3 is 2.96 bits per heavy atom. The van der Waals surface area contributed by atoms with E-state index in [0.717, 1.165) is 34.6 Å². The lowest BCUT2D eigenvalue weighted by atomic mass is 10.0. The molecule has 1 aliphatic heterocycles. The lowest BCUT2D eigenvalue weighted by Gasteiger charge is -2.10. The summed E-state index contributed by atoms with van der Waals surface area (Å²) in [5.41, 5.74) is 3.78. The van der Waals surface area contributed by atoms with Gasteiger partial charge < -0.3 is 9.84 Å². The highest BCUT2D eigenvalue weighted by Gasteiger charge is 2.21. The van der Waals surface area contributed by atoms with Crippen LogP contribution in [0, 0.1) is 0 Å². The van der Waals surface area contributed by atoms with Gasteiger partial charge in [0.2, 0.25) is 5.95 Å². The van der Waals surface area contributed by atoms with Gasteiger partial charge >= 0.3 is 0 Å². The van der Waals surface area contributed by atoms with Crippen molar-refractivity contribution in [2.24, 2.45) is 0 Å². The minimum atomic E-state index is -0.00156. The van der Waals surface area contributed by atoms with Crippen molar-refractivity contribution in [3.8, 4) is 22.8 Å². The van der Waals surface area contributed by atoms with E-state index in [1.807, 2.05) is 29.1 Å². The van der Waals surface area contributed by atoms with Gasteiger partial charge in [0.25, 0.3) is 0 Å². The lowest BCUT2D eigenvalue weighted by molar-refractivity contribution is 0.281. The van der Waals surface area contributed by atoms with Crippen LogP contribution in [0.2, 0.25) is 0 Å². The van der Waals surface area contributed by atoms with Gasteiger partial charge in [-0.3, -0.25) is 0 Å². The first kappa shape index (κ1) is 14.9. The van der Waals surface area contributed by atoms with Gasteiger partial charge in [0, 0.05) is 23.7 Å². The maximum absolute atomic E-state index is 9.43. The minimum Gasteiger partial charge on any atom is -0.493 e. The van der Waals surface area contributed by atoms with Crippen molar-refractivity contribution in [3.63, 3.8) is 0 Å². The normalized spacial score (nSPS) is 13.3. The molecule has 1 aliphatic rings. The molecule has 0 bridgehead atoms. The van der Waals surface area contributed by atoms with Gasteiger partial charge in [-0.1, -0.05) is 6.07 Å². The molecule has 0 saturated carbocycles. The summed E-state index contributed by atoms with van der Waals surface area (Å²) in [6, 6.07) is 5.94. The molecular formula is C17H19N5O2. The zero-order valence-electron chi connectivity index (χ0n) is 13.7. The molecule has 0 aliphatic carbocycles. The van der Waals surface area contributed by atoms with E-state index in [9.17, 15) is 5.11 Å². The Bertz CT molecular complexity index is 881. The van der Waals surface area contributed by atoms with Gasteiger partial charge in [0.15, 0.2) is 0 Å². The molecule has 0 unspecified atom stereocenters. The van der Waals surface area contributed by atoms with Crippen LogP contribution in [0.1, 0.15) is 31.1 Å². The van der Waals surface area contributed by atoms with Crippen LogP contribution in [0.3, 0.4) is 0 Å². The highest BCUT2D eigenvalue weighted by molar-refractivity contribution is 5.73. The van der Waals surface area contributed by atoms with Gasteiger partial charge in [0.05, 0.1) is 24.9 Å². The lowest BCUT2D eigenvalue weighted by Crippen LogP contribution is -2.11. The molecule has 0 saturated heterocycles. The molecule has 0 spiro atoms. The third kappa shape index (κ3) is 2.37. The Labute approximate surface area is 139 Å². The van der Waals surface area contributed by atoms with Crippen LogP contribution in [-0.2, 0) is 13.0 Å². The predicted molar refractivity (Wildman–Crippen MR) is 88.1 cm³/mol. The number of ether oxygens (including phenoxy) is 1. The molecule has 3 heterocycles.